The van der Waals surface area contributed by atoms with Crippen LogP contribution in [0.15, 0.2) is 36.4 Å². The third kappa shape index (κ3) is 5.28. The second kappa shape index (κ2) is 8.81. The molecular weight excluding hydrogens is 414 g/mol. The number of nitrogens with zero attached hydrogens (tertiary/aromatic N) is 1. The Kier molecular flexibility index (Phi) is 6.70. The van der Waals surface area contributed by atoms with Crippen LogP contribution in [0.3, 0.4) is 0 Å². The van der Waals surface area contributed by atoms with Gasteiger partial charge in [-0.3, -0.25) is 9.69 Å². The molecule has 0 unspecified atom stereocenters. The van der Waals surface area contributed by atoms with Gasteiger partial charge in [-0.2, -0.15) is 0 Å². The average Bonchev–Trinajstić information content (AvgIpc) is 2.57. The molecule has 3 rings (SSSR count). The van der Waals surface area contributed by atoms with E-state index in [1.165, 1.54) is 0 Å². The lowest BCUT2D eigenvalue weighted by Crippen LogP contribution is -2.40. The van der Waals surface area contributed by atoms with Crippen LogP contribution in [0.2, 0.25) is 20.1 Å². The van der Waals surface area contributed by atoms with Crippen molar-refractivity contribution in [3.05, 3.63) is 62.1 Å². The van der Waals surface area contributed by atoms with Gasteiger partial charge in [-0.05, 0) is 55.3 Å². The summed E-state index contributed by atoms with van der Waals surface area (Å²) in [6, 6.07) is 10.5. The summed E-state index contributed by atoms with van der Waals surface area (Å²) >= 11 is 24.2. The first-order valence-electron chi connectivity index (χ1n) is 8.34. The number of benzene rings is 2. The van der Waals surface area contributed by atoms with E-state index < -0.39 is 0 Å². The zero-order valence-electron chi connectivity index (χ0n) is 13.9. The largest absolute Gasteiger partial charge is 0.326 e. The predicted octanol–water partition coefficient (Wildman–Crippen LogP) is 6.15. The molecular formula is C19H18Cl4N2O. The molecule has 2 aromatic rings. The van der Waals surface area contributed by atoms with Gasteiger partial charge in [0.1, 0.15) is 0 Å². The number of rotatable bonds is 4. The number of amides is 1. The highest BCUT2D eigenvalue weighted by molar-refractivity contribution is 6.35. The Labute approximate surface area is 173 Å². The lowest BCUT2D eigenvalue weighted by Gasteiger charge is -2.32. The molecule has 138 valence electrons. The van der Waals surface area contributed by atoms with Gasteiger partial charge < -0.3 is 5.32 Å². The lowest BCUT2D eigenvalue weighted by atomic mass is 9.96. The van der Waals surface area contributed by atoms with Crippen LogP contribution in [0.5, 0.6) is 0 Å². The monoisotopic (exact) mass is 430 g/mol. The number of anilines is 1. The third-order valence-corrected chi connectivity index (χ3v) is 5.44. The van der Waals surface area contributed by atoms with Crippen LogP contribution in [0.1, 0.15) is 18.4 Å². The Hall–Kier alpha value is -0.970. The maximum Gasteiger partial charge on any atom is 0.228 e. The van der Waals surface area contributed by atoms with Crippen molar-refractivity contribution in [3.63, 3.8) is 0 Å². The van der Waals surface area contributed by atoms with Crippen LogP contribution in [0.4, 0.5) is 5.69 Å². The predicted molar refractivity (Wildman–Crippen MR) is 110 cm³/mol. The standard InChI is InChI=1S/C19H18Cl4N2O/c20-14-4-3-12(18(23)9-14)10-25-5-1-2-13(11-25)19(26)24-17-7-15(21)6-16(22)8-17/h3-4,6-9,13H,1-2,5,10-11H2,(H,24,26)/t13-/m1/s1. The highest BCUT2D eigenvalue weighted by Crippen LogP contribution is 2.27. The number of hydrogen-bond donors (Lipinski definition) is 1. The summed E-state index contributed by atoms with van der Waals surface area (Å²) in [6.07, 6.45) is 1.81. The van der Waals surface area contributed by atoms with Gasteiger partial charge in [0.2, 0.25) is 5.91 Å². The van der Waals surface area contributed by atoms with Crippen molar-refractivity contribution in [1.82, 2.24) is 4.90 Å². The molecule has 1 amide bonds. The summed E-state index contributed by atoms with van der Waals surface area (Å²) in [5.41, 5.74) is 1.63. The molecule has 1 atom stereocenters. The summed E-state index contributed by atoms with van der Waals surface area (Å²) < 4.78 is 0. The first kappa shape index (κ1) is 19.8. The number of hydrogen-bond acceptors (Lipinski definition) is 2. The van der Waals surface area contributed by atoms with Gasteiger partial charge in [0.15, 0.2) is 0 Å². The van der Waals surface area contributed by atoms with Gasteiger partial charge in [0, 0.05) is 38.9 Å². The lowest BCUT2D eigenvalue weighted by molar-refractivity contribution is -0.121. The zero-order valence-corrected chi connectivity index (χ0v) is 17.0. The fourth-order valence-corrected chi connectivity index (χ4v) is 4.17. The van der Waals surface area contributed by atoms with Crippen LogP contribution < -0.4 is 5.32 Å². The van der Waals surface area contributed by atoms with E-state index in [0.717, 1.165) is 24.9 Å². The first-order chi connectivity index (χ1) is 12.4. The minimum Gasteiger partial charge on any atom is -0.326 e. The Balaban J connectivity index is 1.63. The molecule has 1 aliphatic rings. The van der Waals surface area contributed by atoms with Crippen LogP contribution in [0.25, 0.3) is 0 Å². The molecule has 3 nitrogen and oxygen atoms in total. The molecule has 0 radical (unpaired) electrons. The molecule has 0 spiro atoms. The summed E-state index contributed by atoms with van der Waals surface area (Å²) in [5.74, 6) is -0.109. The third-order valence-electron chi connectivity index (χ3n) is 4.42. The molecule has 1 N–H and O–H groups in total. The Morgan fingerprint density at radius 1 is 1.04 bits per heavy atom. The van der Waals surface area contributed by atoms with Crippen molar-refractivity contribution >= 4 is 58.0 Å². The van der Waals surface area contributed by atoms with Crippen LogP contribution in [0, 0.1) is 5.92 Å². The molecule has 1 saturated heterocycles. The second-order valence-electron chi connectivity index (χ2n) is 6.46. The van der Waals surface area contributed by atoms with Crippen LogP contribution in [-0.4, -0.2) is 23.9 Å². The van der Waals surface area contributed by atoms with Gasteiger partial charge in [0.25, 0.3) is 0 Å². The van der Waals surface area contributed by atoms with Gasteiger partial charge in [-0.1, -0.05) is 52.5 Å². The normalized spacial score (nSPS) is 17.9. The van der Waals surface area contributed by atoms with E-state index in [9.17, 15) is 4.79 Å². The number of nitrogens with one attached hydrogen (secondary N) is 1. The molecule has 0 saturated carbocycles. The van der Waals surface area contributed by atoms with Crippen molar-refractivity contribution in [2.24, 2.45) is 5.92 Å². The van der Waals surface area contributed by atoms with Crippen molar-refractivity contribution in [3.8, 4) is 0 Å². The van der Waals surface area contributed by atoms with Gasteiger partial charge >= 0.3 is 0 Å². The minimum absolute atomic E-state index is 0.0183. The van der Waals surface area contributed by atoms with Crippen molar-refractivity contribution in [1.29, 1.82) is 0 Å². The number of carbonyl (C=O) groups excluding carboxylic acids is 1. The zero-order chi connectivity index (χ0) is 18.7. The van der Waals surface area contributed by atoms with E-state index in [-0.39, 0.29) is 11.8 Å². The molecule has 0 aromatic heterocycles. The molecule has 26 heavy (non-hydrogen) atoms. The van der Waals surface area contributed by atoms with Crippen LogP contribution >= 0.6 is 46.4 Å². The molecule has 1 aliphatic heterocycles. The highest BCUT2D eigenvalue weighted by Gasteiger charge is 2.26. The Morgan fingerprint density at radius 2 is 1.77 bits per heavy atom. The van der Waals surface area contributed by atoms with E-state index >= 15 is 0 Å². The van der Waals surface area contributed by atoms with Crippen molar-refractivity contribution in [2.45, 2.75) is 19.4 Å². The summed E-state index contributed by atoms with van der Waals surface area (Å²) in [6.45, 7) is 2.31. The fraction of sp³-hybridized carbons (Fsp3) is 0.316. The van der Waals surface area contributed by atoms with Crippen LogP contribution in [-0.2, 0) is 11.3 Å². The number of likely N-dealkylation sites (tertiary alicyclic amines) is 1. The number of carbonyl (C=O) groups is 1. The molecule has 0 aliphatic carbocycles. The van der Waals surface area contributed by atoms with E-state index in [1.807, 2.05) is 12.1 Å². The molecule has 1 fully saturated rings. The maximum atomic E-state index is 12.6. The van der Waals surface area contributed by atoms with E-state index in [2.05, 4.69) is 10.2 Å². The van der Waals surface area contributed by atoms with E-state index in [4.69, 9.17) is 46.4 Å². The summed E-state index contributed by atoms with van der Waals surface area (Å²) in [7, 11) is 0. The summed E-state index contributed by atoms with van der Waals surface area (Å²) in [5, 5.41) is 5.18. The minimum atomic E-state index is -0.0902. The van der Waals surface area contributed by atoms with Gasteiger partial charge in [-0.25, -0.2) is 0 Å². The highest BCUT2D eigenvalue weighted by atomic mass is 35.5. The molecule has 2 aromatic carbocycles. The fourth-order valence-electron chi connectivity index (χ4n) is 3.17. The number of halogens is 4. The van der Waals surface area contributed by atoms with E-state index in [0.29, 0.717) is 38.9 Å². The Morgan fingerprint density at radius 3 is 2.46 bits per heavy atom. The smallest absolute Gasteiger partial charge is 0.228 e. The van der Waals surface area contributed by atoms with Crippen molar-refractivity contribution in [2.75, 3.05) is 18.4 Å². The molecule has 7 heteroatoms. The van der Waals surface area contributed by atoms with Crippen molar-refractivity contribution < 1.29 is 4.79 Å². The summed E-state index contributed by atoms with van der Waals surface area (Å²) in [4.78, 5) is 14.9. The van der Waals surface area contributed by atoms with Gasteiger partial charge in [0.05, 0.1) is 5.92 Å². The number of piperidine rings is 1. The topological polar surface area (TPSA) is 32.3 Å². The Bertz CT molecular complexity index is 792. The quantitative estimate of drug-likeness (QED) is 0.629. The molecule has 0 bridgehead atoms. The maximum absolute atomic E-state index is 12.6. The SMILES string of the molecule is O=C(Nc1cc(Cl)cc(Cl)c1)[C@@H]1CCCN(Cc2ccc(Cl)cc2Cl)C1. The first-order valence-corrected chi connectivity index (χ1v) is 9.85. The average molecular weight is 432 g/mol. The second-order valence-corrected chi connectivity index (χ2v) is 8.17. The van der Waals surface area contributed by atoms with Gasteiger partial charge in [-0.15, -0.1) is 0 Å². The van der Waals surface area contributed by atoms with E-state index in [1.54, 1.807) is 24.3 Å². The molecule has 1 heterocycles.